The number of unbranched alkanes of at least 4 members (excludes halogenated alkanes) is 1. The molecule has 2 saturated heterocycles. The minimum absolute atomic E-state index is 0. The van der Waals surface area contributed by atoms with Crippen molar-refractivity contribution in [2.24, 2.45) is 0 Å². The summed E-state index contributed by atoms with van der Waals surface area (Å²) >= 11 is 0. The van der Waals surface area contributed by atoms with Crippen LogP contribution in [0.25, 0.3) is 0 Å². The van der Waals surface area contributed by atoms with Crippen molar-refractivity contribution in [2.45, 2.75) is 70.1 Å². The van der Waals surface area contributed by atoms with Gasteiger partial charge in [-0.15, -0.1) is 12.4 Å². The Hall–Kier alpha value is -3.10. The minimum atomic E-state index is -0.739. The van der Waals surface area contributed by atoms with Crippen LogP contribution in [0.4, 0.5) is 4.79 Å². The number of nitrogens with zero attached hydrogens (tertiary/aromatic N) is 2. The second-order valence-corrected chi connectivity index (χ2v) is 10.6. The third kappa shape index (κ3) is 8.21. The third-order valence-corrected chi connectivity index (χ3v) is 7.90. The van der Waals surface area contributed by atoms with Crippen LogP contribution >= 0.6 is 12.4 Å². The average molecular weight is 571 g/mol. The van der Waals surface area contributed by atoms with Gasteiger partial charge in [-0.25, -0.2) is 4.79 Å². The fourth-order valence-corrected chi connectivity index (χ4v) is 5.63. The average Bonchev–Trinajstić information content (AvgIpc) is 2.97. The molecule has 0 aromatic heterocycles. The quantitative estimate of drug-likeness (QED) is 0.371. The minimum Gasteiger partial charge on any atom is -0.445 e. The number of halogens is 1. The van der Waals surface area contributed by atoms with E-state index in [4.69, 9.17) is 4.74 Å². The molecule has 2 heterocycles. The van der Waals surface area contributed by atoms with Crippen molar-refractivity contribution in [1.29, 1.82) is 0 Å². The van der Waals surface area contributed by atoms with Crippen molar-refractivity contribution in [3.8, 4) is 0 Å². The number of hydrogen-bond acceptors (Lipinski definition) is 5. The zero-order valence-corrected chi connectivity index (χ0v) is 24.3. The molecule has 3 amide bonds. The number of carbonyl (C=O) groups is 3. The summed E-state index contributed by atoms with van der Waals surface area (Å²) in [5.74, 6) is 0.0234. The van der Waals surface area contributed by atoms with Crippen molar-refractivity contribution in [3.63, 3.8) is 0 Å². The van der Waals surface area contributed by atoms with Crippen LogP contribution in [-0.2, 0) is 27.4 Å². The van der Waals surface area contributed by atoms with E-state index < -0.39 is 17.7 Å². The monoisotopic (exact) mass is 570 g/mol. The van der Waals surface area contributed by atoms with E-state index in [0.29, 0.717) is 38.8 Å². The van der Waals surface area contributed by atoms with Gasteiger partial charge in [0.2, 0.25) is 11.8 Å². The molecule has 1 atom stereocenters. The Bertz CT molecular complexity index is 1080. The SMILES string of the molecule is CCCN1C(=O)[C@@H](CCCCNC(=O)OCc2ccccc2)NC(=O)C12CCN(CCc1ccccc1)CC2.Cl. The summed E-state index contributed by atoms with van der Waals surface area (Å²) < 4.78 is 5.23. The van der Waals surface area contributed by atoms with Gasteiger partial charge in [-0.05, 0) is 56.1 Å². The van der Waals surface area contributed by atoms with E-state index in [0.717, 1.165) is 44.5 Å². The smallest absolute Gasteiger partial charge is 0.407 e. The van der Waals surface area contributed by atoms with Crippen LogP contribution in [0.5, 0.6) is 0 Å². The first-order chi connectivity index (χ1) is 19.0. The molecule has 1 spiro atoms. The van der Waals surface area contributed by atoms with Gasteiger partial charge in [0, 0.05) is 32.7 Å². The highest BCUT2D eigenvalue weighted by molar-refractivity contribution is 6.00. The van der Waals surface area contributed by atoms with Crippen molar-refractivity contribution < 1.29 is 19.1 Å². The number of piperazine rings is 1. The normalized spacial score (nSPS) is 18.6. The maximum atomic E-state index is 13.5. The largest absolute Gasteiger partial charge is 0.445 e. The summed E-state index contributed by atoms with van der Waals surface area (Å²) in [6, 6.07) is 19.5. The van der Waals surface area contributed by atoms with Crippen LogP contribution in [-0.4, -0.2) is 72.0 Å². The van der Waals surface area contributed by atoms with Crippen LogP contribution in [0.15, 0.2) is 60.7 Å². The van der Waals surface area contributed by atoms with Gasteiger partial charge in [0.05, 0.1) is 0 Å². The van der Waals surface area contributed by atoms with E-state index in [1.165, 1.54) is 5.56 Å². The van der Waals surface area contributed by atoms with Crippen LogP contribution in [0.3, 0.4) is 0 Å². The van der Waals surface area contributed by atoms with Gasteiger partial charge in [0.15, 0.2) is 0 Å². The zero-order chi connectivity index (χ0) is 27.5. The highest BCUT2D eigenvalue weighted by atomic mass is 35.5. The van der Waals surface area contributed by atoms with E-state index in [1.54, 1.807) is 0 Å². The molecule has 8 nitrogen and oxygen atoms in total. The predicted octanol–water partition coefficient (Wildman–Crippen LogP) is 4.32. The lowest BCUT2D eigenvalue weighted by atomic mass is 9.81. The van der Waals surface area contributed by atoms with E-state index in [9.17, 15) is 14.4 Å². The predicted molar refractivity (Wildman–Crippen MR) is 158 cm³/mol. The highest BCUT2D eigenvalue weighted by Gasteiger charge is 2.52. The van der Waals surface area contributed by atoms with Crippen molar-refractivity contribution in [1.82, 2.24) is 20.4 Å². The van der Waals surface area contributed by atoms with E-state index in [-0.39, 0.29) is 30.8 Å². The van der Waals surface area contributed by atoms with Gasteiger partial charge in [-0.1, -0.05) is 67.6 Å². The number of rotatable bonds is 12. The molecular weight excluding hydrogens is 528 g/mol. The molecule has 0 unspecified atom stereocenters. The number of nitrogens with one attached hydrogen (secondary N) is 2. The Balaban J connectivity index is 0.00000441. The van der Waals surface area contributed by atoms with E-state index in [1.807, 2.05) is 41.3 Å². The molecule has 0 radical (unpaired) electrons. The molecule has 2 aliphatic heterocycles. The molecule has 2 aromatic rings. The Morgan fingerprint density at radius 3 is 2.27 bits per heavy atom. The fraction of sp³-hybridized carbons (Fsp3) is 0.516. The number of likely N-dealkylation sites (tertiary alicyclic amines) is 1. The van der Waals surface area contributed by atoms with Gasteiger partial charge in [0.1, 0.15) is 18.2 Å². The van der Waals surface area contributed by atoms with Crippen LogP contribution < -0.4 is 10.6 Å². The maximum Gasteiger partial charge on any atom is 0.407 e. The molecule has 0 aliphatic carbocycles. The molecule has 2 fully saturated rings. The molecular formula is C31H43ClN4O4. The van der Waals surface area contributed by atoms with Crippen molar-refractivity contribution in [3.05, 3.63) is 71.8 Å². The standard InChI is InChI=1S/C31H42N4O4.ClH/c1-2-20-35-28(36)27(15-9-10-19-32-30(38)39-24-26-13-7-4-8-14-26)33-29(37)31(35)17-22-34(23-18-31)21-16-25-11-5-3-6-12-25;/h3-8,11-14,27H,2,9-10,15-24H2,1H3,(H,32,38)(H,33,37);1H/t27-;/m1./s1. The molecule has 2 aromatic carbocycles. The lowest BCUT2D eigenvalue weighted by Crippen LogP contribution is -2.72. The topological polar surface area (TPSA) is 91.0 Å². The summed E-state index contributed by atoms with van der Waals surface area (Å²) in [7, 11) is 0. The van der Waals surface area contributed by atoms with Gasteiger partial charge in [-0.2, -0.15) is 0 Å². The van der Waals surface area contributed by atoms with E-state index >= 15 is 0 Å². The Kier molecular flexibility index (Phi) is 12.3. The molecule has 4 rings (SSSR count). The van der Waals surface area contributed by atoms with Crippen LogP contribution in [0, 0.1) is 0 Å². The van der Waals surface area contributed by atoms with Gasteiger partial charge in [-0.3, -0.25) is 9.59 Å². The molecule has 0 bridgehead atoms. The number of ether oxygens (including phenoxy) is 1. The number of alkyl carbamates (subject to hydrolysis) is 1. The second kappa shape index (κ2) is 15.6. The zero-order valence-electron chi connectivity index (χ0n) is 23.5. The fourth-order valence-electron chi connectivity index (χ4n) is 5.63. The van der Waals surface area contributed by atoms with E-state index in [2.05, 4.69) is 46.7 Å². The molecule has 2 aliphatic rings. The molecule has 0 saturated carbocycles. The maximum absolute atomic E-state index is 13.5. The summed E-state index contributed by atoms with van der Waals surface area (Å²) in [6.07, 6.45) is 4.67. The summed E-state index contributed by atoms with van der Waals surface area (Å²) in [6.45, 7) is 5.93. The summed E-state index contributed by atoms with van der Waals surface area (Å²) in [4.78, 5) is 43.2. The molecule has 9 heteroatoms. The molecule has 2 N–H and O–H groups in total. The van der Waals surface area contributed by atoms with Crippen LogP contribution in [0.2, 0.25) is 0 Å². The number of hydrogen-bond donors (Lipinski definition) is 2. The summed E-state index contributed by atoms with van der Waals surface area (Å²) in [5, 5.41) is 5.83. The Morgan fingerprint density at radius 2 is 1.62 bits per heavy atom. The number of carbonyl (C=O) groups excluding carboxylic acids is 3. The van der Waals surface area contributed by atoms with Crippen LogP contribution in [0.1, 0.15) is 56.6 Å². The number of amides is 3. The molecule has 40 heavy (non-hydrogen) atoms. The number of piperidine rings is 1. The van der Waals surface area contributed by atoms with Crippen molar-refractivity contribution in [2.75, 3.05) is 32.7 Å². The first-order valence-electron chi connectivity index (χ1n) is 14.3. The lowest BCUT2D eigenvalue weighted by Gasteiger charge is -2.51. The Labute approximate surface area is 244 Å². The third-order valence-electron chi connectivity index (χ3n) is 7.90. The van der Waals surface area contributed by atoms with Gasteiger partial charge >= 0.3 is 6.09 Å². The van der Waals surface area contributed by atoms with Crippen molar-refractivity contribution >= 4 is 30.3 Å². The summed E-state index contributed by atoms with van der Waals surface area (Å²) in [5.41, 5.74) is 1.52. The highest BCUT2D eigenvalue weighted by Crippen LogP contribution is 2.34. The number of benzene rings is 2. The first kappa shape index (κ1) is 31.4. The second-order valence-electron chi connectivity index (χ2n) is 10.6. The Morgan fingerprint density at radius 1 is 0.975 bits per heavy atom. The van der Waals surface area contributed by atoms with Gasteiger partial charge in [0.25, 0.3) is 0 Å². The molecule has 218 valence electrons. The lowest BCUT2D eigenvalue weighted by molar-refractivity contribution is -0.161. The first-order valence-corrected chi connectivity index (χ1v) is 14.3. The van der Waals surface area contributed by atoms with Gasteiger partial charge < -0.3 is 25.2 Å².